The summed E-state index contributed by atoms with van der Waals surface area (Å²) >= 11 is 0. The van der Waals surface area contributed by atoms with Gasteiger partial charge in [0, 0.05) is 25.4 Å². The third kappa shape index (κ3) is 4.37. The first-order chi connectivity index (χ1) is 14.2. The van der Waals surface area contributed by atoms with E-state index in [0.717, 1.165) is 17.7 Å². The molecule has 0 unspecified atom stereocenters. The van der Waals surface area contributed by atoms with Gasteiger partial charge in [-0.05, 0) is 42.3 Å². The molecule has 0 bridgehead atoms. The fourth-order valence-electron chi connectivity index (χ4n) is 3.05. The Morgan fingerprint density at radius 3 is 2.66 bits per heavy atom. The van der Waals surface area contributed by atoms with Crippen LogP contribution in [0.15, 0.2) is 71.8 Å². The second-order valence-corrected chi connectivity index (χ2v) is 6.60. The van der Waals surface area contributed by atoms with E-state index in [1.807, 2.05) is 36.5 Å². The molecular weight excluding hydrogens is 368 g/mol. The van der Waals surface area contributed by atoms with E-state index in [1.54, 1.807) is 35.1 Å². The highest BCUT2D eigenvalue weighted by molar-refractivity contribution is 5.77. The predicted octanol–water partition coefficient (Wildman–Crippen LogP) is 1.73. The van der Waals surface area contributed by atoms with E-state index >= 15 is 0 Å². The zero-order valence-electron chi connectivity index (χ0n) is 15.7. The van der Waals surface area contributed by atoms with Gasteiger partial charge in [0.25, 0.3) is 5.56 Å². The third-order valence-corrected chi connectivity index (χ3v) is 4.62. The van der Waals surface area contributed by atoms with Crippen LogP contribution in [-0.4, -0.2) is 37.2 Å². The molecule has 0 aliphatic carbocycles. The number of aryl methyl sites for hydroxylation is 1. The van der Waals surface area contributed by atoms with Gasteiger partial charge in [-0.1, -0.05) is 29.5 Å². The standard InChI is InChI=1S/C21H20N6O2/c28-20(11-15-27-21(29)18-4-1-2-5-19(18)24-25-27)22-13-10-16-6-8-17(9-7-16)26-14-3-12-23-26/h1-9,12,14H,10-11,13,15H2,(H,22,28). The van der Waals surface area contributed by atoms with Crippen LogP contribution < -0.4 is 10.9 Å². The zero-order chi connectivity index (χ0) is 20.1. The number of amides is 1. The fraction of sp³-hybridized carbons (Fsp3) is 0.190. The average Bonchev–Trinajstić information content (AvgIpc) is 3.29. The van der Waals surface area contributed by atoms with Crippen LogP contribution in [0.4, 0.5) is 0 Å². The molecule has 1 N–H and O–H groups in total. The Labute approximate surface area is 166 Å². The molecule has 2 aromatic heterocycles. The average molecular weight is 388 g/mol. The van der Waals surface area contributed by atoms with E-state index < -0.39 is 0 Å². The molecule has 0 saturated heterocycles. The molecule has 146 valence electrons. The topological polar surface area (TPSA) is 94.7 Å². The maximum atomic E-state index is 12.4. The second kappa shape index (κ2) is 8.47. The van der Waals surface area contributed by atoms with Gasteiger partial charge in [-0.25, -0.2) is 9.36 Å². The summed E-state index contributed by atoms with van der Waals surface area (Å²) in [4.78, 5) is 24.5. The SMILES string of the molecule is O=C(CCn1nnc2ccccc2c1=O)NCCc1ccc(-n2cccn2)cc1. The predicted molar refractivity (Wildman–Crippen MR) is 109 cm³/mol. The van der Waals surface area contributed by atoms with Crippen molar-refractivity contribution in [2.24, 2.45) is 0 Å². The first kappa shape index (κ1) is 18.5. The Hall–Kier alpha value is -3.81. The van der Waals surface area contributed by atoms with Crippen molar-refractivity contribution < 1.29 is 4.79 Å². The van der Waals surface area contributed by atoms with Crippen molar-refractivity contribution >= 4 is 16.8 Å². The quantitative estimate of drug-likeness (QED) is 0.520. The number of hydrogen-bond acceptors (Lipinski definition) is 5. The second-order valence-electron chi connectivity index (χ2n) is 6.60. The number of fused-ring (bicyclic) bond motifs is 1. The van der Waals surface area contributed by atoms with Crippen molar-refractivity contribution in [3.63, 3.8) is 0 Å². The largest absolute Gasteiger partial charge is 0.356 e. The van der Waals surface area contributed by atoms with Gasteiger partial charge in [0.05, 0.1) is 17.6 Å². The van der Waals surface area contributed by atoms with Crippen LogP contribution >= 0.6 is 0 Å². The summed E-state index contributed by atoms with van der Waals surface area (Å²) in [5.41, 5.74) is 2.43. The number of carbonyl (C=O) groups excluding carboxylic acids is 1. The van der Waals surface area contributed by atoms with E-state index in [4.69, 9.17) is 0 Å². The van der Waals surface area contributed by atoms with E-state index in [0.29, 0.717) is 17.4 Å². The van der Waals surface area contributed by atoms with Crippen LogP contribution in [0.5, 0.6) is 0 Å². The van der Waals surface area contributed by atoms with Gasteiger partial charge in [0.15, 0.2) is 0 Å². The van der Waals surface area contributed by atoms with Crippen molar-refractivity contribution in [2.45, 2.75) is 19.4 Å². The molecule has 4 aromatic rings. The Bertz CT molecular complexity index is 1170. The summed E-state index contributed by atoms with van der Waals surface area (Å²) in [6.07, 6.45) is 4.52. The van der Waals surface area contributed by atoms with Gasteiger partial charge in [-0.3, -0.25) is 9.59 Å². The molecule has 1 amide bonds. The number of nitrogens with one attached hydrogen (secondary N) is 1. The molecule has 0 atom stereocenters. The minimum absolute atomic E-state index is 0.125. The lowest BCUT2D eigenvalue weighted by Crippen LogP contribution is -2.30. The van der Waals surface area contributed by atoms with Crippen LogP contribution in [0.25, 0.3) is 16.6 Å². The maximum absolute atomic E-state index is 12.4. The summed E-state index contributed by atoms with van der Waals surface area (Å²) in [7, 11) is 0. The molecule has 0 fully saturated rings. The normalized spacial score (nSPS) is 10.9. The maximum Gasteiger partial charge on any atom is 0.277 e. The smallest absolute Gasteiger partial charge is 0.277 e. The zero-order valence-corrected chi connectivity index (χ0v) is 15.7. The summed E-state index contributed by atoms with van der Waals surface area (Å²) in [6, 6.07) is 16.9. The van der Waals surface area contributed by atoms with Crippen LogP contribution in [0.3, 0.4) is 0 Å². The fourth-order valence-corrected chi connectivity index (χ4v) is 3.05. The van der Waals surface area contributed by atoms with E-state index in [1.165, 1.54) is 4.68 Å². The molecule has 0 radical (unpaired) electrons. The lowest BCUT2D eigenvalue weighted by atomic mass is 10.1. The van der Waals surface area contributed by atoms with Gasteiger partial charge < -0.3 is 5.32 Å². The molecule has 2 heterocycles. The highest BCUT2D eigenvalue weighted by Crippen LogP contribution is 2.09. The lowest BCUT2D eigenvalue weighted by Gasteiger charge is -2.07. The van der Waals surface area contributed by atoms with Gasteiger partial charge >= 0.3 is 0 Å². The highest BCUT2D eigenvalue weighted by atomic mass is 16.2. The van der Waals surface area contributed by atoms with Gasteiger partial charge in [-0.2, -0.15) is 5.10 Å². The molecule has 0 aliphatic heterocycles. The van der Waals surface area contributed by atoms with Crippen LogP contribution in [-0.2, 0) is 17.8 Å². The third-order valence-electron chi connectivity index (χ3n) is 4.62. The highest BCUT2D eigenvalue weighted by Gasteiger charge is 2.07. The number of carbonyl (C=O) groups is 1. The minimum atomic E-state index is -0.235. The first-order valence-electron chi connectivity index (χ1n) is 9.39. The van der Waals surface area contributed by atoms with Crippen LogP contribution in [0.2, 0.25) is 0 Å². The van der Waals surface area contributed by atoms with E-state index in [-0.39, 0.29) is 24.4 Å². The van der Waals surface area contributed by atoms with Crippen molar-refractivity contribution in [2.75, 3.05) is 6.54 Å². The van der Waals surface area contributed by atoms with Gasteiger partial charge in [0.2, 0.25) is 5.91 Å². The molecular formula is C21H20N6O2. The summed E-state index contributed by atoms with van der Waals surface area (Å²) in [5.74, 6) is -0.125. The van der Waals surface area contributed by atoms with Crippen LogP contribution in [0.1, 0.15) is 12.0 Å². The van der Waals surface area contributed by atoms with E-state index in [9.17, 15) is 9.59 Å². The molecule has 4 rings (SSSR count). The number of benzene rings is 2. The Morgan fingerprint density at radius 1 is 1.03 bits per heavy atom. The monoisotopic (exact) mass is 388 g/mol. The number of rotatable bonds is 7. The summed E-state index contributed by atoms with van der Waals surface area (Å²) in [5, 5.41) is 15.5. The Kier molecular flexibility index (Phi) is 5.42. The number of aromatic nitrogens is 5. The van der Waals surface area contributed by atoms with E-state index in [2.05, 4.69) is 20.7 Å². The van der Waals surface area contributed by atoms with Gasteiger partial charge in [0.1, 0.15) is 5.52 Å². The summed E-state index contributed by atoms with van der Waals surface area (Å²) in [6.45, 7) is 0.722. The molecule has 0 aliphatic rings. The Morgan fingerprint density at radius 2 is 1.86 bits per heavy atom. The number of hydrogen-bond donors (Lipinski definition) is 1. The lowest BCUT2D eigenvalue weighted by molar-refractivity contribution is -0.121. The molecule has 2 aromatic carbocycles. The van der Waals surface area contributed by atoms with Crippen molar-refractivity contribution in [1.82, 2.24) is 30.1 Å². The van der Waals surface area contributed by atoms with Crippen molar-refractivity contribution in [1.29, 1.82) is 0 Å². The van der Waals surface area contributed by atoms with Gasteiger partial charge in [-0.15, -0.1) is 5.10 Å². The summed E-state index contributed by atoms with van der Waals surface area (Å²) < 4.78 is 3.03. The molecule has 0 spiro atoms. The Balaban J connectivity index is 1.26. The molecule has 29 heavy (non-hydrogen) atoms. The van der Waals surface area contributed by atoms with Crippen molar-refractivity contribution in [3.05, 3.63) is 82.9 Å². The van der Waals surface area contributed by atoms with Crippen molar-refractivity contribution in [3.8, 4) is 5.69 Å². The van der Waals surface area contributed by atoms with Crippen LogP contribution in [0, 0.1) is 0 Å². The number of nitrogens with zero attached hydrogens (tertiary/aromatic N) is 5. The minimum Gasteiger partial charge on any atom is -0.356 e. The molecule has 8 heteroatoms. The molecule has 8 nitrogen and oxygen atoms in total. The molecule has 0 saturated carbocycles. The first-order valence-corrected chi connectivity index (χ1v) is 9.39.